The maximum atomic E-state index is 5.74. The molecule has 0 atom stereocenters. The van der Waals surface area contributed by atoms with E-state index < -0.39 is 0 Å². The highest BCUT2D eigenvalue weighted by Gasteiger charge is 2.20. The van der Waals surface area contributed by atoms with Gasteiger partial charge in [0.2, 0.25) is 0 Å². The monoisotopic (exact) mass is 210 g/mol. The highest BCUT2D eigenvalue weighted by molar-refractivity contribution is 6.17. The Labute approximate surface area is 90.0 Å². The van der Waals surface area contributed by atoms with Crippen molar-refractivity contribution in [2.45, 2.75) is 25.1 Å². The highest BCUT2D eigenvalue weighted by Crippen LogP contribution is 2.32. The van der Waals surface area contributed by atoms with Crippen molar-refractivity contribution >= 4 is 11.6 Å². The maximum Gasteiger partial charge on any atom is 0.119 e. The normalized spacial score (nSPS) is 15.5. The van der Waals surface area contributed by atoms with E-state index in [0.717, 1.165) is 23.8 Å². The molecule has 1 aliphatic rings. The van der Waals surface area contributed by atoms with Crippen LogP contribution >= 0.6 is 11.6 Å². The fourth-order valence-corrected chi connectivity index (χ4v) is 1.63. The second-order valence-electron chi connectivity index (χ2n) is 3.86. The number of halogens is 1. The molecule has 2 heteroatoms. The summed E-state index contributed by atoms with van der Waals surface area (Å²) in [5, 5.41) is 0. The second-order valence-corrected chi connectivity index (χ2v) is 4.13. The Hall–Kier alpha value is -0.690. The van der Waals surface area contributed by atoms with E-state index in [4.69, 9.17) is 16.3 Å². The van der Waals surface area contributed by atoms with E-state index in [0.29, 0.717) is 5.88 Å². The number of hydrogen-bond donors (Lipinski definition) is 0. The molecule has 0 spiro atoms. The Kier molecular flexibility index (Phi) is 3.30. The summed E-state index contributed by atoms with van der Waals surface area (Å²) < 4.78 is 5.64. The van der Waals surface area contributed by atoms with Crippen LogP contribution < -0.4 is 4.74 Å². The smallest absolute Gasteiger partial charge is 0.119 e. The van der Waals surface area contributed by atoms with Crippen molar-refractivity contribution < 1.29 is 4.74 Å². The molecule has 0 aliphatic heterocycles. The fourth-order valence-electron chi connectivity index (χ4n) is 1.47. The molecular weight excluding hydrogens is 196 g/mol. The van der Waals surface area contributed by atoms with Crippen LogP contribution in [0.2, 0.25) is 0 Å². The van der Waals surface area contributed by atoms with Crippen molar-refractivity contribution in [1.82, 2.24) is 0 Å². The molecule has 1 saturated carbocycles. The van der Waals surface area contributed by atoms with Gasteiger partial charge >= 0.3 is 0 Å². The molecule has 14 heavy (non-hydrogen) atoms. The molecule has 0 amide bonds. The van der Waals surface area contributed by atoms with Gasteiger partial charge in [0.05, 0.1) is 6.61 Å². The Morgan fingerprint density at radius 3 is 2.93 bits per heavy atom. The van der Waals surface area contributed by atoms with Crippen LogP contribution in [0, 0.1) is 5.92 Å². The molecule has 0 saturated heterocycles. The van der Waals surface area contributed by atoms with Crippen LogP contribution in [0.3, 0.4) is 0 Å². The standard InChI is InChI=1S/C12H15ClO/c13-9-11-2-1-3-12(8-11)14-7-6-10-4-5-10/h1-3,8,10H,4-7,9H2. The van der Waals surface area contributed by atoms with Crippen molar-refractivity contribution in [1.29, 1.82) is 0 Å². The Bertz CT molecular complexity index is 294. The highest BCUT2D eigenvalue weighted by atomic mass is 35.5. The first-order valence-electron chi connectivity index (χ1n) is 5.16. The van der Waals surface area contributed by atoms with Crippen LogP contribution in [0.1, 0.15) is 24.8 Å². The van der Waals surface area contributed by atoms with E-state index >= 15 is 0 Å². The lowest BCUT2D eigenvalue weighted by Crippen LogP contribution is -1.98. The lowest BCUT2D eigenvalue weighted by molar-refractivity contribution is 0.302. The van der Waals surface area contributed by atoms with Gasteiger partial charge in [-0.2, -0.15) is 0 Å². The van der Waals surface area contributed by atoms with Gasteiger partial charge in [0.25, 0.3) is 0 Å². The number of rotatable bonds is 5. The molecule has 0 heterocycles. The van der Waals surface area contributed by atoms with Gasteiger partial charge in [0.1, 0.15) is 5.75 Å². The molecule has 1 aromatic carbocycles. The third-order valence-electron chi connectivity index (χ3n) is 2.54. The molecule has 0 bridgehead atoms. The van der Waals surface area contributed by atoms with Gasteiger partial charge in [0, 0.05) is 5.88 Å². The molecule has 0 radical (unpaired) electrons. The molecule has 2 rings (SSSR count). The minimum absolute atomic E-state index is 0.555. The summed E-state index contributed by atoms with van der Waals surface area (Å²) in [5.41, 5.74) is 1.12. The predicted octanol–water partition coefficient (Wildman–Crippen LogP) is 3.60. The van der Waals surface area contributed by atoms with E-state index in [1.54, 1.807) is 0 Å². The molecule has 0 N–H and O–H groups in total. The van der Waals surface area contributed by atoms with Crippen molar-refractivity contribution in [2.75, 3.05) is 6.61 Å². The predicted molar refractivity (Wildman–Crippen MR) is 58.8 cm³/mol. The second kappa shape index (κ2) is 4.70. The minimum Gasteiger partial charge on any atom is -0.494 e. The summed E-state index contributed by atoms with van der Waals surface area (Å²) in [4.78, 5) is 0. The summed E-state index contributed by atoms with van der Waals surface area (Å²) in [7, 11) is 0. The summed E-state index contributed by atoms with van der Waals surface area (Å²) in [6, 6.07) is 8.01. The van der Waals surface area contributed by atoms with Crippen LogP contribution in [0.25, 0.3) is 0 Å². The van der Waals surface area contributed by atoms with E-state index in [9.17, 15) is 0 Å². The number of alkyl halides is 1. The molecule has 0 aromatic heterocycles. The van der Waals surface area contributed by atoms with Gasteiger partial charge in [-0.05, 0) is 30.0 Å². The maximum absolute atomic E-state index is 5.74. The average molecular weight is 211 g/mol. The van der Waals surface area contributed by atoms with E-state index in [1.165, 1.54) is 19.3 Å². The van der Waals surface area contributed by atoms with Gasteiger partial charge in [0.15, 0.2) is 0 Å². The number of hydrogen-bond acceptors (Lipinski definition) is 1. The lowest BCUT2D eigenvalue weighted by Gasteiger charge is -2.06. The summed E-state index contributed by atoms with van der Waals surface area (Å²) >= 11 is 5.74. The third kappa shape index (κ3) is 2.91. The van der Waals surface area contributed by atoms with E-state index in [2.05, 4.69) is 0 Å². The fraction of sp³-hybridized carbons (Fsp3) is 0.500. The molecule has 1 nitrogen and oxygen atoms in total. The SMILES string of the molecule is ClCc1cccc(OCCC2CC2)c1. The van der Waals surface area contributed by atoms with Gasteiger partial charge in [-0.25, -0.2) is 0 Å². The molecule has 76 valence electrons. The van der Waals surface area contributed by atoms with Crippen LogP contribution in [-0.4, -0.2) is 6.61 Å². The zero-order valence-electron chi connectivity index (χ0n) is 8.21. The molecule has 1 aromatic rings. The van der Waals surface area contributed by atoms with Gasteiger partial charge in [-0.15, -0.1) is 11.6 Å². The lowest BCUT2D eigenvalue weighted by atomic mass is 10.2. The average Bonchev–Trinajstić information content (AvgIpc) is 3.02. The van der Waals surface area contributed by atoms with Gasteiger partial charge in [-0.1, -0.05) is 25.0 Å². The van der Waals surface area contributed by atoms with Crippen molar-refractivity contribution in [3.8, 4) is 5.75 Å². The first-order valence-corrected chi connectivity index (χ1v) is 5.69. The number of benzene rings is 1. The first-order chi connectivity index (χ1) is 6.88. The van der Waals surface area contributed by atoms with E-state index in [-0.39, 0.29) is 0 Å². The Morgan fingerprint density at radius 2 is 2.21 bits per heavy atom. The Balaban J connectivity index is 1.81. The third-order valence-corrected chi connectivity index (χ3v) is 2.85. The van der Waals surface area contributed by atoms with Crippen molar-refractivity contribution in [2.24, 2.45) is 5.92 Å². The largest absolute Gasteiger partial charge is 0.494 e. The van der Waals surface area contributed by atoms with Crippen LogP contribution in [-0.2, 0) is 5.88 Å². The van der Waals surface area contributed by atoms with Crippen LogP contribution in [0.15, 0.2) is 24.3 Å². The molecule has 1 fully saturated rings. The summed E-state index contributed by atoms with van der Waals surface area (Å²) in [5.74, 6) is 2.44. The quantitative estimate of drug-likeness (QED) is 0.675. The summed E-state index contributed by atoms with van der Waals surface area (Å²) in [6.45, 7) is 0.844. The van der Waals surface area contributed by atoms with Gasteiger partial charge < -0.3 is 4.74 Å². The first kappa shape index (κ1) is 9.85. The minimum atomic E-state index is 0.555. The molecule has 1 aliphatic carbocycles. The Morgan fingerprint density at radius 1 is 1.36 bits per heavy atom. The van der Waals surface area contributed by atoms with Crippen molar-refractivity contribution in [3.63, 3.8) is 0 Å². The zero-order valence-corrected chi connectivity index (χ0v) is 8.96. The molecule has 0 unspecified atom stereocenters. The van der Waals surface area contributed by atoms with Crippen molar-refractivity contribution in [3.05, 3.63) is 29.8 Å². The zero-order chi connectivity index (χ0) is 9.80. The topological polar surface area (TPSA) is 9.23 Å². The van der Waals surface area contributed by atoms with Gasteiger partial charge in [-0.3, -0.25) is 0 Å². The van der Waals surface area contributed by atoms with Crippen LogP contribution in [0.4, 0.5) is 0 Å². The van der Waals surface area contributed by atoms with E-state index in [1.807, 2.05) is 24.3 Å². The summed E-state index contributed by atoms with van der Waals surface area (Å²) in [6.07, 6.45) is 3.99. The number of ether oxygens (including phenoxy) is 1. The van der Waals surface area contributed by atoms with Crippen LogP contribution in [0.5, 0.6) is 5.75 Å². The molecular formula is C12H15ClO.